The Bertz CT molecular complexity index is 1580. The smallest absolute Gasteiger partial charge is 0.657 e. The van der Waals surface area contributed by atoms with Gasteiger partial charge < -0.3 is 5.32 Å². The fraction of sp³-hybridized carbons (Fsp3) is 0. The van der Waals surface area contributed by atoms with Crippen molar-refractivity contribution in [3.8, 4) is 28.2 Å². The van der Waals surface area contributed by atoms with Crippen LogP contribution in [0.15, 0.2) is 121 Å². The van der Waals surface area contributed by atoms with Gasteiger partial charge in [0.1, 0.15) is 0 Å². The maximum Gasteiger partial charge on any atom is 2.00 e. The molecule has 2 heterocycles. The van der Waals surface area contributed by atoms with Crippen LogP contribution in [-0.4, -0.2) is 14.8 Å². The van der Waals surface area contributed by atoms with Gasteiger partial charge in [0.05, 0.1) is 16.9 Å². The Labute approximate surface area is 218 Å². The van der Waals surface area contributed by atoms with Crippen LogP contribution in [0.25, 0.3) is 44.4 Å². The van der Waals surface area contributed by atoms with Gasteiger partial charge in [-0.05, 0) is 35.0 Å². The third-order valence-electron chi connectivity index (χ3n) is 5.75. The van der Waals surface area contributed by atoms with Crippen molar-refractivity contribution in [2.45, 2.75) is 0 Å². The normalized spacial score (nSPS) is 10.6. The SMILES string of the molecule is [Pt+2].[c-]1ccccc1-n1nc(-c2ccccc2[N-]c2ccccc2-c2ccccn2)c2ccccc21. The summed E-state index contributed by atoms with van der Waals surface area (Å²) < 4.78 is 1.95. The van der Waals surface area contributed by atoms with Crippen molar-refractivity contribution < 1.29 is 21.1 Å². The molecule has 0 saturated heterocycles. The summed E-state index contributed by atoms with van der Waals surface area (Å²) in [5.41, 5.74) is 7.42. The Hall–Kier alpha value is -4.01. The van der Waals surface area contributed by atoms with E-state index in [2.05, 4.69) is 35.3 Å². The van der Waals surface area contributed by atoms with Crippen LogP contribution in [0, 0.1) is 6.07 Å². The molecule has 0 unspecified atom stereocenters. The molecule has 0 radical (unpaired) electrons. The molecule has 0 aliphatic carbocycles. The molecule has 6 rings (SSSR count). The van der Waals surface area contributed by atoms with E-state index in [0.29, 0.717) is 0 Å². The molecule has 0 fully saturated rings. The molecule has 35 heavy (non-hydrogen) atoms. The minimum atomic E-state index is 0. The van der Waals surface area contributed by atoms with Crippen molar-refractivity contribution in [3.63, 3.8) is 0 Å². The number of nitrogens with zero attached hydrogens (tertiary/aromatic N) is 4. The van der Waals surface area contributed by atoms with Crippen LogP contribution in [0.1, 0.15) is 0 Å². The molecule has 4 nitrogen and oxygen atoms in total. The molecule has 170 valence electrons. The van der Waals surface area contributed by atoms with E-state index >= 15 is 0 Å². The van der Waals surface area contributed by atoms with Crippen LogP contribution in [0.4, 0.5) is 11.4 Å². The monoisotopic (exact) mass is 631 g/mol. The number of hydrogen-bond acceptors (Lipinski definition) is 2. The van der Waals surface area contributed by atoms with Gasteiger partial charge in [0, 0.05) is 11.6 Å². The molecule has 2 aromatic heterocycles. The van der Waals surface area contributed by atoms with E-state index in [0.717, 1.165) is 50.5 Å². The average molecular weight is 632 g/mol. The molecule has 0 N–H and O–H groups in total. The molecule has 0 spiro atoms. The van der Waals surface area contributed by atoms with Gasteiger partial charge in [-0.1, -0.05) is 72.8 Å². The molecule has 0 saturated carbocycles. The van der Waals surface area contributed by atoms with Crippen LogP contribution < -0.4 is 0 Å². The van der Waals surface area contributed by atoms with E-state index in [1.165, 1.54) is 0 Å². The third-order valence-corrected chi connectivity index (χ3v) is 5.75. The van der Waals surface area contributed by atoms with Crippen molar-refractivity contribution in [2.24, 2.45) is 0 Å². The molecule has 0 atom stereocenters. The summed E-state index contributed by atoms with van der Waals surface area (Å²) in [7, 11) is 0. The largest absolute Gasteiger partial charge is 2.00 e. The number of para-hydroxylation sites is 4. The van der Waals surface area contributed by atoms with E-state index in [9.17, 15) is 0 Å². The zero-order chi connectivity index (χ0) is 22.7. The van der Waals surface area contributed by atoms with Crippen molar-refractivity contribution >= 4 is 22.3 Å². The summed E-state index contributed by atoms with van der Waals surface area (Å²) in [6, 6.07) is 41.6. The first-order chi connectivity index (χ1) is 16.9. The Morgan fingerprint density at radius 1 is 0.657 bits per heavy atom. The zero-order valence-corrected chi connectivity index (χ0v) is 20.9. The van der Waals surface area contributed by atoms with Crippen molar-refractivity contribution in [1.29, 1.82) is 0 Å². The van der Waals surface area contributed by atoms with Crippen molar-refractivity contribution in [3.05, 3.63) is 133 Å². The van der Waals surface area contributed by atoms with E-state index in [4.69, 9.17) is 10.4 Å². The Balaban J connectivity index is 0.00000253. The summed E-state index contributed by atoms with van der Waals surface area (Å²) in [4.78, 5) is 4.53. The second kappa shape index (κ2) is 10.1. The summed E-state index contributed by atoms with van der Waals surface area (Å²) in [5, 5.41) is 11.2. The Morgan fingerprint density at radius 3 is 2.11 bits per heavy atom. The van der Waals surface area contributed by atoms with Crippen LogP contribution in [0.5, 0.6) is 0 Å². The number of rotatable bonds is 5. The van der Waals surface area contributed by atoms with Gasteiger partial charge in [-0.25, -0.2) is 0 Å². The van der Waals surface area contributed by atoms with E-state index < -0.39 is 0 Å². The fourth-order valence-electron chi connectivity index (χ4n) is 4.18. The molecule has 4 aromatic carbocycles. The zero-order valence-electron chi connectivity index (χ0n) is 18.7. The predicted octanol–water partition coefficient (Wildman–Crippen LogP) is 7.89. The molecule has 0 amide bonds. The molecule has 0 aliphatic heterocycles. The number of fused-ring (bicyclic) bond motifs is 1. The van der Waals surface area contributed by atoms with Gasteiger partial charge in [-0.2, -0.15) is 29.4 Å². The molecule has 5 heteroatoms. The second-order valence-electron chi connectivity index (χ2n) is 7.89. The Morgan fingerprint density at radius 2 is 1.34 bits per heavy atom. The van der Waals surface area contributed by atoms with E-state index in [1.54, 1.807) is 6.20 Å². The van der Waals surface area contributed by atoms with Gasteiger partial charge >= 0.3 is 21.1 Å². The number of benzene rings is 4. The maximum absolute atomic E-state index is 5.09. The third kappa shape index (κ3) is 4.41. The molecular weight excluding hydrogens is 611 g/mol. The van der Waals surface area contributed by atoms with Crippen molar-refractivity contribution in [1.82, 2.24) is 14.8 Å². The van der Waals surface area contributed by atoms with Gasteiger partial charge in [0.15, 0.2) is 0 Å². The Kier molecular flexibility index (Phi) is 6.56. The van der Waals surface area contributed by atoms with Gasteiger partial charge in [-0.15, -0.1) is 17.4 Å². The van der Waals surface area contributed by atoms with Crippen LogP contribution >= 0.6 is 0 Å². The van der Waals surface area contributed by atoms with Crippen LogP contribution in [0.2, 0.25) is 0 Å². The first-order valence-electron chi connectivity index (χ1n) is 11.1. The van der Waals surface area contributed by atoms with Gasteiger partial charge in [-0.3, -0.25) is 9.67 Å². The number of hydrogen-bond donors (Lipinski definition) is 0. The summed E-state index contributed by atoms with van der Waals surface area (Å²) in [6.45, 7) is 0. The van der Waals surface area contributed by atoms with E-state index in [1.807, 2.05) is 95.7 Å². The fourth-order valence-corrected chi connectivity index (χ4v) is 4.18. The number of pyridine rings is 1. The quantitative estimate of drug-likeness (QED) is 0.182. The van der Waals surface area contributed by atoms with Crippen molar-refractivity contribution in [2.75, 3.05) is 0 Å². The van der Waals surface area contributed by atoms with Gasteiger partial charge in [0.25, 0.3) is 0 Å². The summed E-state index contributed by atoms with van der Waals surface area (Å²) in [6.07, 6.45) is 1.80. The minimum Gasteiger partial charge on any atom is -0.657 e. The average Bonchev–Trinajstić information content (AvgIpc) is 3.30. The predicted molar refractivity (Wildman–Crippen MR) is 138 cm³/mol. The number of aromatic nitrogens is 3. The minimum absolute atomic E-state index is 0. The standard InChI is InChI=1S/C30H20N4.Pt/c1-2-12-22(13-3-1)34-29-20-9-6-16-25(29)30(33-34)24-15-5-8-19-28(24)32-27-18-7-4-14-23(27)26-17-10-11-21-31-26;/h1-12,14-21H;/q-2;+2. The first-order valence-corrected chi connectivity index (χ1v) is 11.1. The van der Waals surface area contributed by atoms with E-state index in [-0.39, 0.29) is 21.1 Å². The van der Waals surface area contributed by atoms with Gasteiger partial charge in [0.2, 0.25) is 0 Å². The summed E-state index contributed by atoms with van der Waals surface area (Å²) in [5.74, 6) is 0. The first kappa shape index (κ1) is 22.8. The summed E-state index contributed by atoms with van der Waals surface area (Å²) >= 11 is 0. The maximum atomic E-state index is 5.09. The topological polar surface area (TPSA) is 44.8 Å². The molecular formula is C30H20N4Pt. The molecule has 0 aliphatic rings. The van der Waals surface area contributed by atoms with Crippen LogP contribution in [0.3, 0.4) is 0 Å². The molecule has 0 bridgehead atoms. The second-order valence-corrected chi connectivity index (χ2v) is 7.89. The van der Waals surface area contributed by atoms with Crippen LogP contribution in [-0.2, 0) is 21.1 Å². The molecule has 6 aromatic rings.